The van der Waals surface area contributed by atoms with Gasteiger partial charge < -0.3 is 9.57 Å². The largest absolute Gasteiger partial charge is 0.464 e. The topological polar surface area (TPSA) is 65.0 Å². The van der Waals surface area contributed by atoms with Crippen LogP contribution in [0.2, 0.25) is 0 Å². The average Bonchev–Trinajstić information content (AvgIpc) is 1.98. The lowest BCUT2D eigenvalue weighted by molar-refractivity contribution is -0.141. The summed E-state index contributed by atoms with van der Waals surface area (Å²) in [7, 11) is 1.13. The fourth-order valence-electron chi connectivity index (χ4n) is 0.226. The van der Waals surface area contributed by atoms with Crippen LogP contribution in [0.1, 0.15) is 6.92 Å². The second kappa shape index (κ2) is 4.68. The molecule has 0 atom stereocenters. The van der Waals surface area contributed by atoms with Crippen LogP contribution in [0.5, 0.6) is 0 Å². The number of carbonyl (C=O) groups is 2. The van der Waals surface area contributed by atoms with Gasteiger partial charge in [-0.3, -0.25) is 0 Å². The fraction of sp³-hybridized carbons (Fsp3) is 0.400. The number of ether oxygens (including phenoxy) is 1. The van der Waals surface area contributed by atoms with E-state index in [-0.39, 0.29) is 0 Å². The highest BCUT2D eigenvalue weighted by Crippen LogP contribution is 1.90. The first-order chi connectivity index (χ1) is 5.07. The summed E-state index contributed by atoms with van der Waals surface area (Å²) in [6.07, 6.45) is 0. The zero-order valence-electron chi connectivity index (χ0n) is 5.96. The third-order valence-corrected chi connectivity index (χ3v) is 0.831. The van der Waals surface area contributed by atoms with Gasteiger partial charge in [0.05, 0.1) is 7.11 Å². The Morgan fingerprint density at radius 1 is 1.45 bits per heavy atom. The van der Waals surface area contributed by atoms with Crippen LogP contribution in [0.4, 0.5) is 0 Å². The molecule has 0 saturated heterocycles. The van der Waals surface area contributed by atoms with Gasteiger partial charge in [-0.25, -0.2) is 9.59 Å². The number of halogens is 1. The molecule has 0 aromatic rings. The lowest BCUT2D eigenvalue weighted by atomic mass is 10.7. The molecule has 0 N–H and O–H groups in total. The van der Waals surface area contributed by atoms with E-state index in [1.807, 2.05) is 0 Å². The van der Waals surface area contributed by atoms with Crippen LogP contribution in [0.3, 0.4) is 0 Å². The van der Waals surface area contributed by atoms with Crippen molar-refractivity contribution in [3.05, 3.63) is 0 Å². The molecule has 0 radical (unpaired) electrons. The molecule has 0 aliphatic carbocycles. The van der Waals surface area contributed by atoms with E-state index in [0.29, 0.717) is 0 Å². The van der Waals surface area contributed by atoms with Gasteiger partial charge in [0.1, 0.15) is 0 Å². The van der Waals surface area contributed by atoms with Gasteiger partial charge in [0.15, 0.2) is 0 Å². The average molecular weight is 180 g/mol. The maximum atomic E-state index is 10.4. The third kappa shape index (κ3) is 4.32. The Balaban J connectivity index is 4.00. The van der Waals surface area contributed by atoms with Crippen molar-refractivity contribution >= 4 is 28.7 Å². The Kier molecular flexibility index (Phi) is 4.21. The molecule has 62 valence electrons. The predicted octanol–water partition coefficient (Wildman–Crippen LogP) is 0.275. The van der Waals surface area contributed by atoms with E-state index in [1.165, 1.54) is 0 Å². The molecule has 0 amide bonds. The van der Waals surface area contributed by atoms with Crippen molar-refractivity contribution in [1.29, 1.82) is 0 Å². The Hall–Kier alpha value is -1.10. The van der Waals surface area contributed by atoms with Crippen LogP contribution in [0.15, 0.2) is 5.16 Å². The van der Waals surface area contributed by atoms with E-state index >= 15 is 0 Å². The van der Waals surface area contributed by atoms with E-state index in [0.717, 1.165) is 14.0 Å². The van der Waals surface area contributed by atoms with E-state index < -0.39 is 17.1 Å². The van der Waals surface area contributed by atoms with Crippen LogP contribution in [-0.4, -0.2) is 24.2 Å². The molecule has 11 heavy (non-hydrogen) atoms. The Morgan fingerprint density at radius 3 is 2.36 bits per heavy atom. The fourth-order valence-corrected chi connectivity index (χ4v) is 0.337. The number of nitrogens with zero attached hydrogens (tertiary/aromatic N) is 1. The molecular formula is C5H6ClNO4. The summed E-state index contributed by atoms with van der Waals surface area (Å²) >= 11 is 5.17. The highest BCUT2D eigenvalue weighted by molar-refractivity contribution is 6.81. The molecule has 0 aromatic heterocycles. The molecule has 0 aliphatic heterocycles. The standard InChI is InChI=1S/C5H6ClNO4/c1-3(8)11-7-4(6)5(9)10-2/h1-2H3. The highest BCUT2D eigenvalue weighted by Gasteiger charge is 2.08. The summed E-state index contributed by atoms with van der Waals surface area (Å²) in [5.41, 5.74) is 0. The van der Waals surface area contributed by atoms with Gasteiger partial charge in [-0.15, -0.1) is 0 Å². The first-order valence-corrected chi connectivity index (χ1v) is 2.95. The number of esters is 1. The Morgan fingerprint density at radius 2 is 2.00 bits per heavy atom. The van der Waals surface area contributed by atoms with Gasteiger partial charge in [0.25, 0.3) is 5.17 Å². The normalized spacial score (nSPS) is 10.6. The van der Waals surface area contributed by atoms with Crippen molar-refractivity contribution in [2.45, 2.75) is 6.92 Å². The molecule has 0 aliphatic rings. The second-order valence-corrected chi connectivity index (χ2v) is 1.81. The van der Waals surface area contributed by atoms with E-state index in [4.69, 9.17) is 11.6 Å². The quantitative estimate of drug-likeness (QED) is 0.264. The maximum Gasteiger partial charge on any atom is 0.372 e. The molecule has 0 spiro atoms. The molecule has 0 aromatic carbocycles. The van der Waals surface area contributed by atoms with Crippen molar-refractivity contribution in [3.8, 4) is 0 Å². The first-order valence-electron chi connectivity index (χ1n) is 2.57. The van der Waals surface area contributed by atoms with Crippen molar-refractivity contribution in [2.75, 3.05) is 7.11 Å². The number of rotatable bonds is 2. The van der Waals surface area contributed by atoms with E-state index in [9.17, 15) is 9.59 Å². The van der Waals surface area contributed by atoms with Gasteiger partial charge in [-0.2, -0.15) is 0 Å². The molecular weight excluding hydrogens is 174 g/mol. The number of hydrogen-bond acceptors (Lipinski definition) is 5. The van der Waals surface area contributed by atoms with Crippen LogP contribution < -0.4 is 0 Å². The number of hydrogen-bond donors (Lipinski definition) is 0. The van der Waals surface area contributed by atoms with Gasteiger partial charge in [0, 0.05) is 6.92 Å². The molecule has 0 fully saturated rings. The zero-order chi connectivity index (χ0) is 8.85. The zero-order valence-corrected chi connectivity index (χ0v) is 6.71. The SMILES string of the molecule is COC(=O)C(Cl)=NOC(C)=O. The van der Waals surface area contributed by atoms with Crippen LogP contribution in [0, 0.1) is 0 Å². The van der Waals surface area contributed by atoms with Crippen LogP contribution in [-0.2, 0) is 19.2 Å². The molecule has 0 unspecified atom stereocenters. The molecule has 0 heterocycles. The van der Waals surface area contributed by atoms with E-state index in [2.05, 4.69) is 14.7 Å². The van der Waals surface area contributed by atoms with Gasteiger partial charge in [0.2, 0.25) is 0 Å². The summed E-state index contributed by atoms with van der Waals surface area (Å²) in [6.45, 7) is 1.13. The Labute approximate surface area is 67.9 Å². The van der Waals surface area contributed by atoms with Gasteiger partial charge in [-0.05, 0) is 0 Å². The minimum Gasteiger partial charge on any atom is -0.464 e. The number of methoxy groups -OCH3 is 1. The maximum absolute atomic E-state index is 10.4. The molecule has 5 nitrogen and oxygen atoms in total. The summed E-state index contributed by atoms with van der Waals surface area (Å²) in [6, 6.07) is 0. The Bertz CT molecular complexity index is 201. The van der Waals surface area contributed by atoms with Crippen molar-refractivity contribution in [1.82, 2.24) is 0 Å². The predicted molar refractivity (Wildman–Crippen MR) is 37.1 cm³/mol. The van der Waals surface area contributed by atoms with Crippen molar-refractivity contribution in [3.63, 3.8) is 0 Å². The summed E-state index contributed by atoms with van der Waals surface area (Å²) < 4.78 is 4.15. The molecule has 6 heteroatoms. The smallest absolute Gasteiger partial charge is 0.372 e. The first kappa shape index (κ1) is 9.90. The molecule has 0 saturated carbocycles. The lowest BCUT2D eigenvalue weighted by Gasteiger charge is -1.93. The minimum atomic E-state index is -0.854. The molecule has 0 rings (SSSR count). The number of oxime groups is 1. The molecule has 0 bridgehead atoms. The van der Waals surface area contributed by atoms with Gasteiger partial charge >= 0.3 is 11.9 Å². The summed E-state index contributed by atoms with van der Waals surface area (Å²) in [5, 5.41) is 2.43. The monoisotopic (exact) mass is 179 g/mol. The lowest BCUT2D eigenvalue weighted by Crippen LogP contribution is -2.10. The second-order valence-electron chi connectivity index (χ2n) is 1.46. The van der Waals surface area contributed by atoms with Crippen molar-refractivity contribution in [2.24, 2.45) is 5.16 Å². The summed E-state index contributed by atoms with van der Waals surface area (Å²) in [5.74, 6) is -1.51. The minimum absolute atomic E-state index is 0.525. The van der Waals surface area contributed by atoms with Crippen LogP contribution >= 0.6 is 11.6 Å². The highest BCUT2D eigenvalue weighted by atomic mass is 35.5. The third-order valence-electron chi connectivity index (χ3n) is 0.608. The number of carbonyl (C=O) groups excluding carboxylic acids is 2. The van der Waals surface area contributed by atoms with Crippen molar-refractivity contribution < 1.29 is 19.2 Å². The van der Waals surface area contributed by atoms with Crippen LogP contribution in [0.25, 0.3) is 0 Å². The summed E-state index contributed by atoms with van der Waals surface area (Å²) in [4.78, 5) is 24.6. The van der Waals surface area contributed by atoms with Gasteiger partial charge in [-0.1, -0.05) is 16.8 Å². The van der Waals surface area contributed by atoms with E-state index in [1.54, 1.807) is 0 Å².